The molecule has 1 aromatic rings. The molecule has 1 aromatic carbocycles. The fourth-order valence-corrected chi connectivity index (χ4v) is 3.05. The predicted molar refractivity (Wildman–Crippen MR) is 85.0 cm³/mol. The Hall–Kier alpha value is -2.24. The Morgan fingerprint density at radius 3 is 2.55 bits per heavy atom. The van der Waals surface area contributed by atoms with Gasteiger partial charge in [-0.3, -0.25) is 9.59 Å². The van der Waals surface area contributed by atoms with Gasteiger partial charge in [-0.1, -0.05) is 13.3 Å². The minimum absolute atomic E-state index is 0.187. The van der Waals surface area contributed by atoms with Gasteiger partial charge in [0.05, 0.1) is 24.1 Å². The normalized spacial score (nSPS) is 24.9. The van der Waals surface area contributed by atoms with E-state index in [0.29, 0.717) is 11.3 Å². The van der Waals surface area contributed by atoms with Crippen molar-refractivity contribution in [2.45, 2.75) is 45.2 Å². The minimum atomic E-state index is -1.29. The molecule has 0 fully saturated rings. The van der Waals surface area contributed by atoms with Gasteiger partial charge >= 0.3 is 5.97 Å². The Morgan fingerprint density at radius 1 is 1.23 bits per heavy atom. The van der Waals surface area contributed by atoms with E-state index in [4.69, 9.17) is 4.74 Å². The summed E-state index contributed by atoms with van der Waals surface area (Å²) in [5, 5.41) is 9.57. The summed E-state index contributed by atoms with van der Waals surface area (Å²) in [4.78, 5) is 24.6. The molecule has 0 aromatic heterocycles. The number of fused-ring (bicyclic) bond motifs is 2. The average Bonchev–Trinajstić information content (AvgIpc) is 2.97. The first-order chi connectivity index (χ1) is 10.5. The molecule has 2 aliphatic rings. The molecule has 0 saturated carbocycles. The van der Waals surface area contributed by atoms with Crippen molar-refractivity contribution < 1.29 is 14.3 Å². The van der Waals surface area contributed by atoms with Crippen LogP contribution in [-0.4, -0.2) is 24.6 Å². The van der Waals surface area contributed by atoms with Crippen molar-refractivity contribution in [2.75, 3.05) is 22.6 Å². The molecule has 0 aliphatic carbocycles. The summed E-state index contributed by atoms with van der Waals surface area (Å²) in [5.41, 5.74) is 1.92. The third-order valence-electron chi connectivity index (χ3n) is 4.32. The van der Waals surface area contributed by atoms with Gasteiger partial charge in [0.25, 0.3) is 0 Å². The second-order valence-electron chi connectivity index (χ2n) is 5.87. The fraction of sp³-hybridized carbons (Fsp3) is 0.500. The number of esters is 1. The molecule has 3 rings (SSSR count). The highest BCUT2D eigenvalue weighted by molar-refractivity contribution is 6.19. The number of carbonyl (C=O) groups excluding carboxylic acids is 2. The van der Waals surface area contributed by atoms with Crippen LogP contribution in [0.5, 0.6) is 0 Å². The second kappa shape index (κ2) is 5.19. The van der Waals surface area contributed by atoms with E-state index < -0.39 is 11.4 Å². The highest BCUT2D eigenvalue weighted by atomic mass is 16.5. The van der Waals surface area contributed by atoms with Crippen LogP contribution in [0.4, 0.5) is 17.1 Å². The van der Waals surface area contributed by atoms with E-state index in [1.54, 1.807) is 13.8 Å². The minimum Gasteiger partial charge on any atom is -0.465 e. The smallest absolute Gasteiger partial charge is 0.326 e. The quantitative estimate of drug-likeness (QED) is 0.588. The van der Waals surface area contributed by atoms with Crippen molar-refractivity contribution in [3.8, 4) is 0 Å². The fourth-order valence-electron chi connectivity index (χ4n) is 3.05. The first-order valence-corrected chi connectivity index (χ1v) is 7.71. The molecule has 0 radical (unpaired) electrons. The van der Waals surface area contributed by atoms with Crippen LogP contribution in [0.25, 0.3) is 0 Å². The maximum absolute atomic E-state index is 12.3. The van der Waals surface area contributed by atoms with Crippen LogP contribution in [-0.2, 0) is 19.7 Å². The number of benzene rings is 1. The lowest BCUT2D eigenvalue weighted by Gasteiger charge is -2.20. The molecule has 2 unspecified atom stereocenters. The standard InChI is InChI=1S/C16H21N3O3/c1-4-6-13-17-11-7-9-10(8-12(11)18-13)19-14(20)16(9,3)15(21)22-5-2/h7-8,13,17-18H,4-6H2,1-3H3,(H,19,20). The molecule has 6 heteroatoms. The summed E-state index contributed by atoms with van der Waals surface area (Å²) in [6.45, 7) is 5.73. The molecule has 3 N–H and O–H groups in total. The summed E-state index contributed by atoms with van der Waals surface area (Å²) >= 11 is 0. The largest absolute Gasteiger partial charge is 0.465 e. The van der Waals surface area contributed by atoms with Gasteiger partial charge in [-0.15, -0.1) is 0 Å². The summed E-state index contributed by atoms with van der Waals surface area (Å²) in [6, 6.07) is 3.76. The highest BCUT2D eigenvalue weighted by Gasteiger charge is 2.51. The Labute approximate surface area is 129 Å². The van der Waals surface area contributed by atoms with Crippen molar-refractivity contribution in [3.63, 3.8) is 0 Å². The number of nitrogens with one attached hydrogen (secondary N) is 3. The Kier molecular flexibility index (Phi) is 3.47. The molecule has 2 aliphatic heterocycles. The molecule has 2 atom stereocenters. The van der Waals surface area contributed by atoms with Crippen LogP contribution in [0.1, 0.15) is 39.2 Å². The molecule has 1 amide bonds. The second-order valence-corrected chi connectivity index (χ2v) is 5.87. The van der Waals surface area contributed by atoms with Crippen LogP contribution in [0.15, 0.2) is 12.1 Å². The van der Waals surface area contributed by atoms with E-state index in [0.717, 1.165) is 24.2 Å². The first kappa shape index (κ1) is 14.7. The topological polar surface area (TPSA) is 79.5 Å². The maximum atomic E-state index is 12.3. The van der Waals surface area contributed by atoms with E-state index in [2.05, 4.69) is 22.9 Å². The SMILES string of the molecule is CCCC1Nc2cc3c(cc2N1)C(C)(C(=O)OCC)C(=O)N3. The van der Waals surface area contributed by atoms with E-state index >= 15 is 0 Å². The first-order valence-electron chi connectivity index (χ1n) is 7.71. The van der Waals surface area contributed by atoms with Gasteiger partial charge in [0.1, 0.15) is 0 Å². The van der Waals surface area contributed by atoms with E-state index in [1.165, 1.54) is 0 Å². The molecular formula is C16H21N3O3. The molecular weight excluding hydrogens is 282 g/mol. The lowest BCUT2D eigenvalue weighted by Crippen LogP contribution is -2.40. The van der Waals surface area contributed by atoms with Crippen LogP contribution < -0.4 is 16.0 Å². The molecule has 6 nitrogen and oxygen atoms in total. The molecule has 118 valence electrons. The lowest BCUT2D eigenvalue weighted by atomic mass is 9.83. The van der Waals surface area contributed by atoms with Gasteiger partial charge in [-0.05, 0) is 32.4 Å². The molecule has 0 saturated heterocycles. The van der Waals surface area contributed by atoms with E-state index in [-0.39, 0.29) is 18.7 Å². The Morgan fingerprint density at radius 2 is 1.91 bits per heavy atom. The third kappa shape index (κ3) is 2.01. The van der Waals surface area contributed by atoms with E-state index in [9.17, 15) is 9.59 Å². The molecule has 0 bridgehead atoms. The van der Waals surface area contributed by atoms with Gasteiger partial charge in [-0.2, -0.15) is 0 Å². The van der Waals surface area contributed by atoms with Crippen LogP contribution in [0.3, 0.4) is 0 Å². The number of carbonyl (C=O) groups is 2. The van der Waals surface area contributed by atoms with Gasteiger partial charge in [0.2, 0.25) is 5.91 Å². The van der Waals surface area contributed by atoms with Crippen molar-refractivity contribution in [1.29, 1.82) is 0 Å². The zero-order valence-electron chi connectivity index (χ0n) is 13.1. The third-order valence-corrected chi connectivity index (χ3v) is 4.32. The predicted octanol–water partition coefficient (Wildman–Crippen LogP) is 2.42. The summed E-state index contributed by atoms with van der Waals surface area (Å²) < 4.78 is 5.10. The maximum Gasteiger partial charge on any atom is 0.326 e. The number of anilines is 3. The zero-order valence-corrected chi connectivity index (χ0v) is 13.1. The Bertz CT molecular complexity index is 644. The van der Waals surface area contributed by atoms with Crippen LogP contribution >= 0.6 is 0 Å². The number of amides is 1. The zero-order chi connectivity index (χ0) is 15.9. The van der Waals surface area contributed by atoms with E-state index in [1.807, 2.05) is 12.1 Å². The summed E-state index contributed by atoms with van der Waals surface area (Å²) in [7, 11) is 0. The monoisotopic (exact) mass is 303 g/mol. The number of hydrogen-bond acceptors (Lipinski definition) is 5. The summed E-state index contributed by atoms with van der Waals surface area (Å²) in [6.07, 6.45) is 2.25. The average molecular weight is 303 g/mol. The van der Waals surface area contributed by atoms with Gasteiger partial charge in [0, 0.05) is 11.3 Å². The number of hydrogen-bond donors (Lipinski definition) is 3. The Balaban J connectivity index is 1.98. The highest BCUT2D eigenvalue weighted by Crippen LogP contribution is 2.44. The van der Waals surface area contributed by atoms with Gasteiger partial charge in [0.15, 0.2) is 5.41 Å². The van der Waals surface area contributed by atoms with Gasteiger partial charge in [-0.25, -0.2) is 0 Å². The van der Waals surface area contributed by atoms with Crippen molar-refractivity contribution >= 4 is 28.9 Å². The van der Waals surface area contributed by atoms with Gasteiger partial charge < -0.3 is 20.7 Å². The van der Waals surface area contributed by atoms with Crippen molar-refractivity contribution in [2.24, 2.45) is 0 Å². The number of ether oxygens (including phenoxy) is 1. The van der Waals surface area contributed by atoms with Crippen molar-refractivity contribution in [3.05, 3.63) is 17.7 Å². The molecule has 2 heterocycles. The molecule has 0 spiro atoms. The lowest BCUT2D eigenvalue weighted by molar-refractivity contribution is -0.152. The summed E-state index contributed by atoms with van der Waals surface area (Å²) in [5.74, 6) is -0.850. The van der Waals surface area contributed by atoms with Crippen molar-refractivity contribution in [1.82, 2.24) is 0 Å². The number of rotatable bonds is 4. The van der Waals surface area contributed by atoms with Crippen LogP contribution in [0, 0.1) is 0 Å². The van der Waals surface area contributed by atoms with Crippen LogP contribution in [0.2, 0.25) is 0 Å². The molecule has 22 heavy (non-hydrogen) atoms.